The van der Waals surface area contributed by atoms with E-state index < -0.39 is 4.92 Å². The highest BCUT2D eigenvalue weighted by molar-refractivity contribution is 5.32. The first kappa shape index (κ1) is 18.6. The summed E-state index contributed by atoms with van der Waals surface area (Å²) >= 11 is 0. The molecule has 0 amide bonds. The second-order valence-electron chi connectivity index (χ2n) is 4.80. The van der Waals surface area contributed by atoms with Crippen molar-refractivity contribution in [2.24, 2.45) is 5.73 Å². The van der Waals surface area contributed by atoms with Crippen LogP contribution >= 0.6 is 0 Å². The number of aryl methyl sites for hydroxylation is 1. The third-order valence-electron chi connectivity index (χ3n) is 3.17. The van der Waals surface area contributed by atoms with E-state index in [0.717, 1.165) is 23.3 Å². The van der Waals surface area contributed by atoms with Gasteiger partial charge in [-0.25, -0.2) is 0 Å². The lowest BCUT2D eigenvalue weighted by molar-refractivity contribution is -0.384. The number of nitro groups is 1. The number of methoxy groups -OCH3 is 1. The summed E-state index contributed by atoms with van der Waals surface area (Å²) in [5.41, 5.74) is 7.64. The highest BCUT2D eigenvalue weighted by Crippen LogP contribution is 2.12. The van der Waals surface area contributed by atoms with Crippen molar-refractivity contribution in [3.63, 3.8) is 0 Å². The first-order chi connectivity index (χ1) is 11.1. The van der Waals surface area contributed by atoms with E-state index in [2.05, 4.69) is 0 Å². The number of hydrogen-bond acceptors (Lipinski definition) is 5. The van der Waals surface area contributed by atoms with Crippen LogP contribution in [-0.2, 0) is 13.0 Å². The minimum absolute atomic E-state index is 0.104. The number of benzene rings is 2. The van der Waals surface area contributed by atoms with Crippen molar-refractivity contribution in [1.29, 1.82) is 0 Å². The Hall–Kier alpha value is -2.44. The van der Waals surface area contributed by atoms with Gasteiger partial charge in [0.2, 0.25) is 0 Å². The van der Waals surface area contributed by atoms with Gasteiger partial charge in [0, 0.05) is 25.3 Å². The van der Waals surface area contributed by atoms with Crippen molar-refractivity contribution in [1.82, 2.24) is 0 Å². The summed E-state index contributed by atoms with van der Waals surface area (Å²) in [6, 6.07) is 14.1. The Morgan fingerprint density at radius 2 is 1.65 bits per heavy atom. The Morgan fingerprint density at radius 3 is 2.09 bits per heavy atom. The molecule has 0 saturated carbocycles. The number of non-ortho nitro benzene ring substituents is 1. The molecule has 6 nitrogen and oxygen atoms in total. The highest BCUT2D eigenvalue weighted by Gasteiger charge is 2.02. The summed E-state index contributed by atoms with van der Waals surface area (Å²) < 4.78 is 4.97. The average molecular weight is 318 g/mol. The van der Waals surface area contributed by atoms with Gasteiger partial charge in [-0.3, -0.25) is 10.1 Å². The highest BCUT2D eigenvalue weighted by atomic mass is 16.6. The average Bonchev–Trinajstić information content (AvgIpc) is 2.61. The van der Waals surface area contributed by atoms with Crippen molar-refractivity contribution in [2.75, 3.05) is 13.7 Å². The number of ether oxygens (including phenoxy) is 1. The van der Waals surface area contributed by atoms with Crippen LogP contribution in [-0.4, -0.2) is 23.7 Å². The van der Waals surface area contributed by atoms with Gasteiger partial charge in [-0.05, 0) is 36.1 Å². The van der Waals surface area contributed by atoms with E-state index in [1.807, 2.05) is 24.3 Å². The van der Waals surface area contributed by atoms with Gasteiger partial charge in [0.25, 0.3) is 5.69 Å². The van der Waals surface area contributed by atoms with Gasteiger partial charge in [0.05, 0.1) is 12.0 Å². The molecule has 0 heterocycles. The largest absolute Gasteiger partial charge is 0.497 e. The van der Waals surface area contributed by atoms with Crippen LogP contribution in [0.15, 0.2) is 48.5 Å². The molecule has 6 heteroatoms. The van der Waals surface area contributed by atoms with E-state index in [4.69, 9.17) is 15.6 Å². The maximum atomic E-state index is 10.3. The summed E-state index contributed by atoms with van der Waals surface area (Å²) in [7, 11) is 1.65. The van der Waals surface area contributed by atoms with Crippen molar-refractivity contribution < 1.29 is 14.8 Å². The van der Waals surface area contributed by atoms with Gasteiger partial charge in [-0.1, -0.05) is 24.3 Å². The van der Waals surface area contributed by atoms with Gasteiger partial charge >= 0.3 is 0 Å². The van der Waals surface area contributed by atoms with Crippen molar-refractivity contribution >= 4 is 5.69 Å². The molecular weight excluding hydrogens is 296 g/mol. The normalized spacial score (nSPS) is 9.70. The molecule has 0 aliphatic heterocycles. The Bertz CT molecular complexity index is 560. The quantitative estimate of drug-likeness (QED) is 0.630. The molecule has 0 radical (unpaired) electrons. The predicted molar refractivity (Wildman–Crippen MR) is 89.4 cm³/mol. The SMILES string of the molecule is COc1ccc(CN)cc1.O=[N+]([O-])c1ccc(CCCO)cc1. The van der Waals surface area contributed by atoms with Crippen LogP contribution in [0.25, 0.3) is 0 Å². The van der Waals surface area contributed by atoms with Crippen LogP contribution in [0.4, 0.5) is 5.69 Å². The zero-order chi connectivity index (χ0) is 17.1. The van der Waals surface area contributed by atoms with Crippen LogP contribution in [0.3, 0.4) is 0 Å². The Kier molecular flexibility index (Phi) is 8.34. The maximum absolute atomic E-state index is 10.3. The molecule has 0 atom stereocenters. The number of nitrogens with two attached hydrogens (primary N) is 1. The molecule has 0 saturated heterocycles. The molecule has 124 valence electrons. The fourth-order valence-electron chi connectivity index (χ4n) is 1.83. The second-order valence-corrected chi connectivity index (χ2v) is 4.80. The molecular formula is C17H22N2O4. The van der Waals surface area contributed by atoms with Crippen LogP contribution < -0.4 is 10.5 Å². The Morgan fingerprint density at radius 1 is 1.09 bits per heavy atom. The second kappa shape index (κ2) is 10.3. The third-order valence-corrected chi connectivity index (χ3v) is 3.17. The number of rotatable bonds is 6. The van der Waals surface area contributed by atoms with E-state index in [9.17, 15) is 10.1 Å². The van der Waals surface area contributed by atoms with Crippen molar-refractivity contribution in [3.05, 3.63) is 69.8 Å². The molecule has 2 rings (SSSR count). The zero-order valence-electron chi connectivity index (χ0n) is 13.1. The molecule has 0 aliphatic rings. The summed E-state index contributed by atoms with van der Waals surface area (Å²) in [6.45, 7) is 0.737. The molecule has 0 unspecified atom stereocenters. The van der Waals surface area contributed by atoms with Crippen molar-refractivity contribution in [2.45, 2.75) is 19.4 Å². The first-order valence-corrected chi connectivity index (χ1v) is 7.28. The molecule has 0 bridgehead atoms. The number of aliphatic hydroxyl groups is 1. The van der Waals surface area contributed by atoms with Crippen LogP contribution in [0, 0.1) is 10.1 Å². The summed E-state index contributed by atoms with van der Waals surface area (Å²) in [6.07, 6.45) is 1.45. The van der Waals surface area contributed by atoms with E-state index in [0.29, 0.717) is 13.0 Å². The number of nitrogens with zero attached hydrogens (tertiary/aromatic N) is 1. The van der Waals surface area contributed by atoms with Crippen LogP contribution in [0.1, 0.15) is 17.5 Å². The van der Waals surface area contributed by atoms with E-state index >= 15 is 0 Å². The van der Waals surface area contributed by atoms with Gasteiger partial charge < -0.3 is 15.6 Å². The summed E-state index contributed by atoms with van der Waals surface area (Å²) in [5.74, 6) is 0.872. The standard InChI is InChI=1S/C9H11NO3.C8H11NO/c11-7-1-2-8-3-5-9(6-4-8)10(12)13;1-10-8-4-2-7(6-9)3-5-8/h3-6,11H,1-2,7H2;2-5H,6,9H2,1H3. The molecule has 0 aliphatic carbocycles. The fraction of sp³-hybridized carbons (Fsp3) is 0.294. The smallest absolute Gasteiger partial charge is 0.269 e. The molecule has 2 aromatic carbocycles. The van der Waals surface area contributed by atoms with Gasteiger partial charge in [0.15, 0.2) is 0 Å². The lowest BCUT2D eigenvalue weighted by Gasteiger charge is -1.99. The monoisotopic (exact) mass is 318 g/mol. The minimum atomic E-state index is -0.421. The maximum Gasteiger partial charge on any atom is 0.269 e. The summed E-state index contributed by atoms with van der Waals surface area (Å²) in [4.78, 5) is 9.87. The number of hydrogen-bond donors (Lipinski definition) is 2. The van der Waals surface area contributed by atoms with E-state index in [1.165, 1.54) is 12.1 Å². The third kappa shape index (κ3) is 6.90. The lowest BCUT2D eigenvalue weighted by Crippen LogP contribution is -1.95. The van der Waals surface area contributed by atoms with Gasteiger partial charge in [-0.15, -0.1) is 0 Å². The molecule has 3 N–H and O–H groups in total. The fourth-order valence-corrected chi connectivity index (χ4v) is 1.83. The van der Waals surface area contributed by atoms with Crippen LogP contribution in [0.2, 0.25) is 0 Å². The topological polar surface area (TPSA) is 98.6 Å². The lowest BCUT2D eigenvalue weighted by atomic mass is 10.1. The number of nitro benzene ring substituents is 1. The molecule has 0 fully saturated rings. The first-order valence-electron chi connectivity index (χ1n) is 7.28. The van der Waals surface area contributed by atoms with Crippen molar-refractivity contribution in [3.8, 4) is 5.75 Å². The predicted octanol–water partition coefficient (Wildman–Crippen LogP) is 2.67. The van der Waals surface area contributed by atoms with Gasteiger partial charge in [-0.2, -0.15) is 0 Å². The van der Waals surface area contributed by atoms with Crippen LogP contribution in [0.5, 0.6) is 5.75 Å². The molecule has 2 aromatic rings. The Balaban J connectivity index is 0.000000238. The van der Waals surface area contributed by atoms with Gasteiger partial charge in [0.1, 0.15) is 5.75 Å². The van der Waals surface area contributed by atoms with E-state index in [-0.39, 0.29) is 12.3 Å². The Labute approximate surface area is 135 Å². The minimum Gasteiger partial charge on any atom is -0.497 e. The molecule has 0 aromatic heterocycles. The summed E-state index contributed by atoms with van der Waals surface area (Å²) in [5, 5.41) is 18.9. The zero-order valence-corrected chi connectivity index (χ0v) is 13.1. The molecule has 23 heavy (non-hydrogen) atoms. The van der Waals surface area contributed by atoms with E-state index in [1.54, 1.807) is 19.2 Å². The molecule has 0 spiro atoms. The number of aliphatic hydroxyl groups excluding tert-OH is 1.